The summed E-state index contributed by atoms with van der Waals surface area (Å²) in [6.45, 7) is 4.60. The predicted molar refractivity (Wildman–Crippen MR) is 85.7 cm³/mol. The van der Waals surface area contributed by atoms with Crippen molar-refractivity contribution in [2.75, 3.05) is 0 Å². The number of unbranched alkanes of at least 4 members (excludes halogenated alkanes) is 10. The van der Waals surface area contributed by atoms with Crippen LogP contribution >= 0.6 is 0 Å². The van der Waals surface area contributed by atoms with E-state index in [0.717, 1.165) is 0 Å². The zero-order chi connectivity index (χ0) is 12.6. The first-order chi connectivity index (χ1) is 8.41. The molecular formula is C16H36OTe. The molecule has 0 aliphatic carbocycles. The van der Waals surface area contributed by atoms with E-state index in [9.17, 15) is 0 Å². The van der Waals surface area contributed by atoms with Crippen molar-refractivity contribution in [3.05, 3.63) is 0 Å². The second-order valence-corrected chi connectivity index (χ2v) is 8.64. The summed E-state index contributed by atoms with van der Waals surface area (Å²) in [5, 5.41) is 0. The third-order valence-corrected chi connectivity index (χ3v) is 6.58. The molecule has 0 spiro atoms. The summed E-state index contributed by atoms with van der Waals surface area (Å²) in [4.78, 5) is 0. The van der Waals surface area contributed by atoms with Crippen LogP contribution in [0.3, 0.4) is 0 Å². The molecule has 2 N–H and O–H groups in total. The average molecular weight is 372 g/mol. The van der Waals surface area contributed by atoms with E-state index in [0.29, 0.717) is 20.9 Å². The van der Waals surface area contributed by atoms with E-state index in [4.69, 9.17) is 0 Å². The quantitative estimate of drug-likeness (QED) is 0.288. The minimum atomic E-state index is 0. The molecule has 0 saturated heterocycles. The van der Waals surface area contributed by atoms with Crippen LogP contribution in [0.25, 0.3) is 0 Å². The van der Waals surface area contributed by atoms with Crippen LogP contribution in [0.15, 0.2) is 0 Å². The van der Waals surface area contributed by atoms with Gasteiger partial charge in [0.05, 0.1) is 0 Å². The maximum Gasteiger partial charge on any atom is -0.412 e. The SMILES string of the molecule is CCCCCCCC[Te]CCCCCCCC.O. The molecule has 0 radical (unpaired) electrons. The topological polar surface area (TPSA) is 31.5 Å². The molecule has 0 heterocycles. The molecule has 112 valence electrons. The van der Waals surface area contributed by atoms with Gasteiger partial charge in [0.2, 0.25) is 0 Å². The van der Waals surface area contributed by atoms with Crippen LogP contribution in [-0.4, -0.2) is 26.4 Å². The van der Waals surface area contributed by atoms with Crippen molar-refractivity contribution < 1.29 is 5.48 Å². The van der Waals surface area contributed by atoms with Crippen molar-refractivity contribution in [3.8, 4) is 0 Å². The van der Waals surface area contributed by atoms with Crippen LogP contribution < -0.4 is 0 Å². The van der Waals surface area contributed by atoms with Gasteiger partial charge in [-0.2, -0.15) is 0 Å². The van der Waals surface area contributed by atoms with Gasteiger partial charge in [-0.1, -0.05) is 0 Å². The summed E-state index contributed by atoms with van der Waals surface area (Å²) >= 11 is 0.406. The van der Waals surface area contributed by atoms with E-state index < -0.39 is 0 Å². The normalized spacial score (nSPS) is 10.3. The molecule has 0 unspecified atom stereocenters. The van der Waals surface area contributed by atoms with Crippen molar-refractivity contribution in [1.82, 2.24) is 0 Å². The van der Waals surface area contributed by atoms with Crippen molar-refractivity contribution in [2.24, 2.45) is 0 Å². The molecule has 0 atom stereocenters. The third kappa shape index (κ3) is 19.1. The van der Waals surface area contributed by atoms with Gasteiger partial charge in [-0.05, 0) is 0 Å². The molecule has 0 aliphatic heterocycles. The Kier molecular flexibility index (Phi) is 23.5. The summed E-state index contributed by atoms with van der Waals surface area (Å²) in [6.07, 6.45) is 17.7. The van der Waals surface area contributed by atoms with Crippen molar-refractivity contribution in [3.63, 3.8) is 0 Å². The first kappa shape index (κ1) is 21.1. The van der Waals surface area contributed by atoms with Gasteiger partial charge in [0.25, 0.3) is 0 Å². The molecule has 0 aromatic heterocycles. The second kappa shape index (κ2) is 20.1. The number of hydrogen-bond donors (Lipinski definition) is 0. The van der Waals surface area contributed by atoms with Crippen molar-refractivity contribution >= 4 is 20.9 Å². The number of hydrogen-bond acceptors (Lipinski definition) is 0. The van der Waals surface area contributed by atoms with Gasteiger partial charge >= 0.3 is 121 Å². The minimum absolute atomic E-state index is 0. The smallest absolute Gasteiger partial charge is 0.412 e. The van der Waals surface area contributed by atoms with Gasteiger partial charge in [-0.15, -0.1) is 0 Å². The Morgan fingerprint density at radius 1 is 0.500 bits per heavy atom. The van der Waals surface area contributed by atoms with E-state index >= 15 is 0 Å². The van der Waals surface area contributed by atoms with Crippen molar-refractivity contribution in [1.29, 1.82) is 0 Å². The van der Waals surface area contributed by atoms with Crippen LogP contribution in [0.1, 0.15) is 90.9 Å². The number of rotatable bonds is 14. The Balaban J connectivity index is 0. The minimum Gasteiger partial charge on any atom is -0.412 e. The van der Waals surface area contributed by atoms with Crippen LogP contribution in [0.5, 0.6) is 0 Å². The Labute approximate surface area is 126 Å². The molecule has 0 aliphatic rings. The van der Waals surface area contributed by atoms with Gasteiger partial charge in [-0.3, -0.25) is 0 Å². The van der Waals surface area contributed by atoms with E-state index in [1.54, 1.807) is 21.8 Å². The maximum atomic E-state index is 2.30. The fraction of sp³-hybridized carbons (Fsp3) is 1.00. The fourth-order valence-corrected chi connectivity index (χ4v) is 4.98. The van der Waals surface area contributed by atoms with E-state index in [-0.39, 0.29) is 5.48 Å². The predicted octanol–water partition coefficient (Wildman–Crippen LogP) is 5.42. The Morgan fingerprint density at radius 2 is 0.833 bits per heavy atom. The van der Waals surface area contributed by atoms with Gasteiger partial charge in [0.1, 0.15) is 0 Å². The molecule has 0 rings (SSSR count). The van der Waals surface area contributed by atoms with Crippen LogP contribution in [0.4, 0.5) is 0 Å². The molecule has 2 heteroatoms. The molecule has 0 fully saturated rings. The maximum absolute atomic E-state index is 2.30. The van der Waals surface area contributed by atoms with Crippen LogP contribution in [0.2, 0.25) is 8.94 Å². The molecule has 18 heavy (non-hydrogen) atoms. The standard InChI is InChI=1S/C16H34Te.H2O/c1-3-5-7-9-11-13-15-17-16-14-12-10-8-6-4-2;/h3-16H2,1-2H3;1H2. The summed E-state index contributed by atoms with van der Waals surface area (Å²) in [5.41, 5.74) is 0. The molecule has 0 amide bonds. The van der Waals surface area contributed by atoms with Gasteiger partial charge in [0, 0.05) is 0 Å². The monoisotopic (exact) mass is 374 g/mol. The van der Waals surface area contributed by atoms with Crippen molar-refractivity contribution in [2.45, 2.75) is 99.8 Å². The fourth-order valence-electron chi connectivity index (χ4n) is 2.07. The second-order valence-electron chi connectivity index (χ2n) is 5.15. The Morgan fingerprint density at radius 3 is 1.22 bits per heavy atom. The van der Waals surface area contributed by atoms with Gasteiger partial charge in [-0.25, -0.2) is 0 Å². The van der Waals surface area contributed by atoms with E-state index in [1.165, 1.54) is 64.2 Å². The molecule has 1 nitrogen and oxygen atoms in total. The first-order valence-electron chi connectivity index (χ1n) is 7.99. The van der Waals surface area contributed by atoms with Gasteiger partial charge in [0.15, 0.2) is 0 Å². The zero-order valence-corrected chi connectivity index (χ0v) is 15.1. The summed E-state index contributed by atoms with van der Waals surface area (Å²) in [7, 11) is 0. The summed E-state index contributed by atoms with van der Waals surface area (Å²) in [5.74, 6) is 0. The molecule has 0 aromatic carbocycles. The zero-order valence-electron chi connectivity index (χ0n) is 12.8. The van der Waals surface area contributed by atoms with E-state index in [2.05, 4.69) is 13.8 Å². The average Bonchev–Trinajstić information content (AvgIpc) is 2.35. The van der Waals surface area contributed by atoms with Crippen LogP contribution in [-0.2, 0) is 0 Å². The Hall–Kier alpha value is 0.750. The van der Waals surface area contributed by atoms with E-state index in [1.807, 2.05) is 0 Å². The summed E-state index contributed by atoms with van der Waals surface area (Å²) in [6, 6.07) is 0. The summed E-state index contributed by atoms with van der Waals surface area (Å²) < 4.78 is 3.23. The molecule has 0 saturated carbocycles. The molecular weight excluding hydrogens is 336 g/mol. The largest absolute Gasteiger partial charge is 0.412 e. The Bertz CT molecular complexity index is 114. The first-order valence-corrected chi connectivity index (χ1v) is 11.3. The molecule has 0 bridgehead atoms. The molecule has 0 aromatic rings. The van der Waals surface area contributed by atoms with Gasteiger partial charge < -0.3 is 5.48 Å². The van der Waals surface area contributed by atoms with Crippen LogP contribution in [0, 0.1) is 0 Å². The third-order valence-electron chi connectivity index (χ3n) is 3.28.